The van der Waals surface area contributed by atoms with Crippen LogP contribution in [0.3, 0.4) is 0 Å². The first kappa shape index (κ1) is 16.1. The second-order valence-electron chi connectivity index (χ2n) is 6.01. The number of hydrogen-bond acceptors (Lipinski definition) is 4. The summed E-state index contributed by atoms with van der Waals surface area (Å²) in [5.74, 6) is 0.178. The van der Waals surface area contributed by atoms with Crippen molar-refractivity contribution in [3.63, 3.8) is 0 Å². The fraction of sp³-hybridized carbons (Fsp3) is 0.444. The van der Waals surface area contributed by atoms with Crippen LogP contribution in [0.4, 0.5) is 0 Å². The lowest BCUT2D eigenvalue weighted by Gasteiger charge is -2.33. The third-order valence-electron chi connectivity index (χ3n) is 4.31. The number of carbonyl (C=O) groups excluding carboxylic acids is 1. The summed E-state index contributed by atoms with van der Waals surface area (Å²) in [6.07, 6.45) is 1.44. The van der Waals surface area contributed by atoms with Crippen molar-refractivity contribution in [2.24, 2.45) is 0 Å². The summed E-state index contributed by atoms with van der Waals surface area (Å²) in [6.45, 7) is 6.78. The molecular weight excluding hydrogens is 306 g/mol. The molecule has 1 saturated heterocycles. The van der Waals surface area contributed by atoms with Crippen molar-refractivity contribution in [2.75, 3.05) is 19.6 Å². The molecule has 3 rings (SSSR count). The number of aromatic nitrogens is 1. The highest BCUT2D eigenvalue weighted by Crippen LogP contribution is 2.24. The Morgan fingerprint density at radius 1 is 1.39 bits per heavy atom. The normalized spacial score (nSPS) is 18.2. The van der Waals surface area contributed by atoms with Gasteiger partial charge in [-0.3, -0.25) is 4.79 Å². The standard InChI is InChI=1S/C18H23N3OS/c1-3-14-4-6-15(7-5-14)18-20-16(12-23-18)10-17(22)21-9-8-19-11-13(21)2/h4-7,12-13,19H,3,8-11H2,1-2H3/t13-/m1/s1. The van der Waals surface area contributed by atoms with Crippen molar-refractivity contribution in [1.82, 2.24) is 15.2 Å². The minimum absolute atomic E-state index is 0.178. The number of hydrogen-bond donors (Lipinski definition) is 1. The van der Waals surface area contributed by atoms with Gasteiger partial charge in [0, 0.05) is 36.6 Å². The summed E-state index contributed by atoms with van der Waals surface area (Å²) in [5.41, 5.74) is 3.33. The Labute approximate surface area is 141 Å². The number of carbonyl (C=O) groups is 1. The third-order valence-corrected chi connectivity index (χ3v) is 5.26. The molecule has 1 aliphatic heterocycles. The van der Waals surface area contributed by atoms with Crippen LogP contribution in [0.25, 0.3) is 10.6 Å². The average molecular weight is 329 g/mol. The minimum atomic E-state index is 0.178. The van der Waals surface area contributed by atoms with E-state index in [1.165, 1.54) is 5.56 Å². The minimum Gasteiger partial charge on any atom is -0.337 e. The molecule has 23 heavy (non-hydrogen) atoms. The van der Waals surface area contributed by atoms with Gasteiger partial charge in [0.05, 0.1) is 12.1 Å². The van der Waals surface area contributed by atoms with E-state index in [1.807, 2.05) is 10.3 Å². The Morgan fingerprint density at radius 2 is 2.17 bits per heavy atom. The fourth-order valence-electron chi connectivity index (χ4n) is 2.87. The smallest absolute Gasteiger partial charge is 0.228 e. The number of rotatable bonds is 4. The molecule has 2 aromatic rings. The van der Waals surface area contributed by atoms with Gasteiger partial charge >= 0.3 is 0 Å². The molecule has 0 aliphatic carbocycles. The number of benzene rings is 1. The molecule has 1 aliphatic rings. The predicted molar refractivity (Wildman–Crippen MR) is 94.7 cm³/mol. The van der Waals surface area contributed by atoms with E-state index in [0.717, 1.165) is 42.3 Å². The maximum atomic E-state index is 12.5. The molecule has 0 bridgehead atoms. The molecule has 1 aromatic heterocycles. The molecular formula is C18H23N3OS. The number of thiazole rings is 1. The van der Waals surface area contributed by atoms with Gasteiger partial charge in [-0.05, 0) is 18.9 Å². The molecule has 0 radical (unpaired) electrons. The van der Waals surface area contributed by atoms with Crippen LogP contribution >= 0.6 is 11.3 Å². The quantitative estimate of drug-likeness (QED) is 0.938. The number of aryl methyl sites for hydroxylation is 1. The third kappa shape index (κ3) is 3.79. The molecule has 1 fully saturated rings. The molecule has 1 atom stereocenters. The zero-order valence-electron chi connectivity index (χ0n) is 13.7. The van der Waals surface area contributed by atoms with Crippen LogP contribution in [0.1, 0.15) is 25.1 Å². The van der Waals surface area contributed by atoms with E-state index in [2.05, 4.69) is 48.4 Å². The van der Waals surface area contributed by atoms with Crippen LogP contribution in [0.5, 0.6) is 0 Å². The van der Waals surface area contributed by atoms with Gasteiger partial charge in [0.2, 0.25) is 5.91 Å². The lowest BCUT2D eigenvalue weighted by Crippen LogP contribution is -2.52. The average Bonchev–Trinajstić information content (AvgIpc) is 3.03. The zero-order chi connectivity index (χ0) is 16.2. The number of nitrogens with one attached hydrogen (secondary N) is 1. The molecule has 122 valence electrons. The van der Waals surface area contributed by atoms with Gasteiger partial charge in [-0.25, -0.2) is 4.98 Å². The number of piperazine rings is 1. The van der Waals surface area contributed by atoms with Crippen LogP contribution in [0.15, 0.2) is 29.6 Å². The van der Waals surface area contributed by atoms with E-state index in [4.69, 9.17) is 0 Å². The van der Waals surface area contributed by atoms with E-state index < -0.39 is 0 Å². The highest BCUT2D eigenvalue weighted by atomic mass is 32.1. The van der Waals surface area contributed by atoms with Crippen LogP contribution in [-0.2, 0) is 17.6 Å². The summed E-state index contributed by atoms with van der Waals surface area (Å²) in [6, 6.07) is 8.77. The van der Waals surface area contributed by atoms with Gasteiger partial charge in [-0.15, -0.1) is 11.3 Å². The molecule has 2 heterocycles. The van der Waals surface area contributed by atoms with E-state index in [-0.39, 0.29) is 11.9 Å². The van der Waals surface area contributed by atoms with E-state index in [9.17, 15) is 4.79 Å². The molecule has 1 amide bonds. The zero-order valence-corrected chi connectivity index (χ0v) is 14.5. The molecule has 0 unspecified atom stereocenters. The topological polar surface area (TPSA) is 45.2 Å². The lowest BCUT2D eigenvalue weighted by molar-refractivity contribution is -0.133. The first-order valence-corrected chi connectivity index (χ1v) is 9.09. The molecule has 1 N–H and O–H groups in total. The molecule has 1 aromatic carbocycles. The van der Waals surface area contributed by atoms with Crippen LogP contribution in [0.2, 0.25) is 0 Å². The lowest BCUT2D eigenvalue weighted by atomic mass is 10.1. The van der Waals surface area contributed by atoms with Gasteiger partial charge in [0.15, 0.2) is 0 Å². The molecule has 5 heteroatoms. The first-order chi connectivity index (χ1) is 11.2. The van der Waals surface area contributed by atoms with Crippen LogP contribution < -0.4 is 5.32 Å². The van der Waals surface area contributed by atoms with Crippen molar-refractivity contribution in [1.29, 1.82) is 0 Å². The Morgan fingerprint density at radius 3 is 2.87 bits per heavy atom. The highest BCUT2D eigenvalue weighted by Gasteiger charge is 2.23. The summed E-state index contributed by atoms with van der Waals surface area (Å²) >= 11 is 1.61. The van der Waals surface area contributed by atoms with Gasteiger partial charge in [0.1, 0.15) is 5.01 Å². The molecule has 0 saturated carbocycles. The van der Waals surface area contributed by atoms with Crippen molar-refractivity contribution < 1.29 is 4.79 Å². The highest BCUT2D eigenvalue weighted by molar-refractivity contribution is 7.13. The van der Waals surface area contributed by atoms with Crippen LogP contribution in [0, 0.1) is 0 Å². The van der Waals surface area contributed by atoms with Gasteiger partial charge < -0.3 is 10.2 Å². The number of nitrogens with zero attached hydrogens (tertiary/aromatic N) is 2. The van der Waals surface area contributed by atoms with Crippen molar-refractivity contribution in [3.05, 3.63) is 40.9 Å². The SMILES string of the molecule is CCc1ccc(-c2nc(CC(=O)N3CCNC[C@H]3C)cs2)cc1. The van der Waals surface area contributed by atoms with Crippen molar-refractivity contribution in [3.8, 4) is 10.6 Å². The fourth-order valence-corrected chi connectivity index (χ4v) is 3.70. The Bertz CT molecular complexity index is 665. The Kier molecular flexibility index (Phi) is 5.08. The van der Waals surface area contributed by atoms with E-state index in [0.29, 0.717) is 6.42 Å². The first-order valence-electron chi connectivity index (χ1n) is 8.21. The Balaban J connectivity index is 1.67. The second-order valence-corrected chi connectivity index (χ2v) is 6.87. The summed E-state index contributed by atoms with van der Waals surface area (Å²) in [7, 11) is 0. The van der Waals surface area contributed by atoms with E-state index in [1.54, 1.807) is 11.3 Å². The molecule has 0 spiro atoms. The summed E-state index contributed by atoms with van der Waals surface area (Å²) < 4.78 is 0. The van der Waals surface area contributed by atoms with Crippen LogP contribution in [-0.4, -0.2) is 41.5 Å². The van der Waals surface area contributed by atoms with Gasteiger partial charge in [-0.1, -0.05) is 31.2 Å². The number of amides is 1. The molecule has 4 nitrogen and oxygen atoms in total. The Hall–Kier alpha value is -1.72. The predicted octanol–water partition coefficient (Wildman–Crippen LogP) is 2.74. The van der Waals surface area contributed by atoms with Gasteiger partial charge in [-0.2, -0.15) is 0 Å². The summed E-state index contributed by atoms with van der Waals surface area (Å²) in [4.78, 5) is 19.1. The van der Waals surface area contributed by atoms with Crippen molar-refractivity contribution in [2.45, 2.75) is 32.7 Å². The maximum absolute atomic E-state index is 12.5. The largest absolute Gasteiger partial charge is 0.337 e. The second kappa shape index (κ2) is 7.23. The van der Waals surface area contributed by atoms with E-state index >= 15 is 0 Å². The monoisotopic (exact) mass is 329 g/mol. The summed E-state index contributed by atoms with van der Waals surface area (Å²) in [5, 5.41) is 6.31. The van der Waals surface area contributed by atoms with Gasteiger partial charge in [0.25, 0.3) is 0 Å². The maximum Gasteiger partial charge on any atom is 0.228 e. The van der Waals surface area contributed by atoms with Crippen molar-refractivity contribution >= 4 is 17.2 Å².